The van der Waals surface area contributed by atoms with E-state index in [1.807, 2.05) is 36.4 Å². The van der Waals surface area contributed by atoms with E-state index in [9.17, 15) is 13.2 Å². The number of sulfonamides is 1. The summed E-state index contributed by atoms with van der Waals surface area (Å²) in [5.41, 5.74) is 4.05. The SMILES string of the molecule is CC1(C)c2cc(OCC3CCN(C4CN(S(C)(=O)=O)C4)CC3)ccc2C(=O)c2c1[nH]c1cc(Br)ccc21. The number of H-pyrrole nitrogens is 1. The number of fused-ring (bicyclic) bond motifs is 4. The second-order valence-electron chi connectivity index (χ2n) is 11.3. The number of benzene rings is 2. The Kier molecular flexibility index (Phi) is 6.06. The molecule has 9 heteroatoms. The van der Waals surface area contributed by atoms with Crippen molar-refractivity contribution in [2.24, 2.45) is 5.92 Å². The summed E-state index contributed by atoms with van der Waals surface area (Å²) < 4.78 is 32.1. The van der Waals surface area contributed by atoms with Gasteiger partial charge in [-0.05, 0) is 67.7 Å². The second-order valence-corrected chi connectivity index (χ2v) is 14.1. The number of carbonyl (C=O) groups is 1. The largest absolute Gasteiger partial charge is 0.493 e. The van der Waals surface area contributed by atoms with E-state index in [1.165, 1.54) is 6.26 Å². The van der Waals surface area contributed by atoms with Crippen molar-refractivity contribution >= 4 is 42.6 Å². The molecule has 0 spiro atoms. The fraction of sp³-hybridized carbons (Fsp3) is 0.464. The number of piperidine rings is 1. The molecule has 7 nitrogen and oxygen atoms in total. The number of halogens is 1. The first-order chi connectivity index (χ1) is 17.5. The molecule has 3 aromatic rings. The Morgan fingerprint density at radius 1 is 1.11 bits per heavy atom. The first-order valence-electron chi connectivity index (χ1n) is 12.9. The number of carbonyl (C=O) groups excluding carboxylic acids is 1. The zero-order chi connectivity index (χ0) is 26.1. The van der Waals surface area contributed by atoms with Crippen molar-refractivity contribution in [2.75, 3.05) is 39.0 Å². The minimum atomic E-state index is -3.07. The zero-order valence-electron chi connectivity index (χ0n) is 21.4. The molecule has 0 radical (unpaired) electrons. The number of ether oxygens (including phenoxy) is 1. The quantitative estimate of drug-likeness (QED) is 0.475. The Bertz CT molecular complexity index is 1500. The van der Waals surface area contributed by atoms with E-state index in [2.05, 4.69) is 39.7 Å². The van der Waals surface area contributed by atoms with Crippen molar-refractivity contribution in [2.45, 2.75) is 38.1 Å². The lowest BCUT2D eigenvalue weighted by atomic mass is 9.71. The Balaban J connectivity index is 1.13. The number of aromatic nitrogens is 1. The molecule has 196 valence electrons. The van der Waals surface area contributed by atoms with Crippen LogP contribution >= 0.6 is 15.9 Å². The van der Waals surface area contributed by atoms with Crippen LogP contribution in [0, 0.1) is 5.92 Å². The first kappa shape index (κ1) is 25.1. The molecule has 6 rings (SSSR count). The summed E-state index contributed by atoms with van der Waals surface area (Å²) in [6, 6.07) is 12.2. The number of ketones is 1. The highest BCUT2D eigenvalue weighted by atomic mass is 79.9. The van der Waals surface area contributed by atoms with Crippen LogP contribution in [0.15, 0.2) is 40.9 Å². The summed E-state index contributed by atoms with van der Waals surface area (Å²) in [6.45, 7) is 8.13. The van der Waals surface area contributed by atoms with Crippen LogP contribution in [0.5, 0.6) is 5.75 Å². The minimum Gasteiger partial charge on any atom is -0.493 e. The maximum Gasteiger partial charge on any atom is 0.211 e. The molecule has 37 heavy (non-hydrogen) atoms. The molecule has 1 aliphatic carbocycles. The second kappa shape index (κ2) is 8.93. The third-order valence-corrected chi connectivity index (χ3v) is 10.2. The zero-order valence-corrected chi connectivity index (χ0v) is 23.8. The fourth-order valence-corrected chi connectivity index (χ4v) is 7.34. The van der Waals surface area contributed by atoms with E-state index >= 15 is 0 Å². The highest BCUT2D eigenvalue weighted by Gasteiger charge is 2.40. The van der Waals surface area contributed by atoms with Crippen molar-refractivity contribution in [1.82, 2.24) is 14.2 Å². The summed E-state index contributed by atoms with van der Waals surface area (Å²) in [5, 5.41) is 0.958. The average Bonchev–Trinajstić information content (AvgIpc) is 3.20. The van der Waals surface area contributed by atoms with Gasteiger partial charge in [0.05, 0.1) is 18.4 Å². The van der Waals surface area contributed by atoms with E-state index in [0.29, 0.717) is 31.7 Å². The Morgan fingerprint density at radius 2 is 1.84 bits per heavy atom. The van der Waals surface area contributed by atoms with Crippen LogP contribution in [0.4, 0.5) is 0 Å². The molecular weight excluding hydrogens is 554 g/mol. The lowest BCUT2D eigenvalue weighted by molar-refractivity contribution is 0.0484. The smallest absolute Gasteiger partial charge is 0.211 e. The fourth-order valence-electron chi connectivity index (χ4n) is 6.09. The highest BCUT2D eigenvalue weighted by molar-refractivity contribution is 9.10. The van der Waals surface area contributed by atoms with Crippen molar-refractivity contribution in [3.8, 4) is 5.75 Å². The van der Waals surface area contributed by atoms with Crippen molar-refractivity contribution in [3.05, 3.63) is 63.3 Å². The molecule has 1 N–H and O–H groups in total. The van der Waals surface area contributed by atoms with Crippen LogP contribution in [-0.4, -0.2) is 73.5 Å². The maximum atomic E-state index is 13.5. The van der Waals surface area contributed by atoms with E-state index < -0.39 is 10.0 Å². The Morgan fingerprint density at radius 3 is 2.54 bits per heavy atom. The predicted octanol–water partition coefficient (Wildman–Crippen LogP) is 4.54. The van der Waals surface area contributed by atoms with Crippen LogP contribution in [-0.2, 0) is 15.4 Å². The van der Waals surface area contributed by atoms with Gasteiger partial charge in [0.15, 0.2) is 5.78 Å². The molecule has 2 saturated heterocycles. The molecule has 2 aromatic carbocycles. The molecule has 3 heterocycles. The monoisotopic (exact) mass is 585 g/mol. The van der Waals surface area contributed by atoms with E-state index in [0.717, 1.165) is 69.4 Å². The molecular formula is C28H32BrN3O4S. The van der Waals surface area contributed by atoms with Gasteiger partial charge in [-0.15, -0.1) is 0 Å². The summed E-state index contributed by atoms with van der Waals surface area (Å²) in [5.74, 6) is 1.32. The van der Waals surface area contributed by atoms with Gasteiger partial charge in [-0.25, -0.2) is 8.42 Å². The third-order valence-electron chi connectivity index (χ3n) is 8.47. The van der Waals surface area contributed by atoms with Crippen LogP contribution in [0.2, 0.25) is 0 Å². The number of nitrogens with one attached hydrogen (secondary N) is 1. The molecule has 2 aliphatic heterocycles. The highest BCUT2D eigenvalue weighted by Crippen LogP contribution is 2.45. The van der Waals surface area contributed by atoms with Gasteiger partial charge < -0.3 is 9.72 Å². The van der Waals surface area contributed by atoms with Gasteiger partial charge in [-0.2, -0.15) is 4.31 Å². The minimum absolute atomic E-state index is 0.0576. The van der Waals surface area contributed by atoms with Gasteiger partial charge in [0.25, 0.3) is 0 Å². The van der Waals surface area contributed by atoms with Gasteiger partial charge in [-0.1, -0.05) is 35.8 Å². The van der Waals surface area contributed by atoms with Crippen LogP contribution in [0.3, 0.4) is 0 Å². The number of rotatable bonds is 5. The van der Waals surface area contributed by atoms with Gasteiger partial charge in [0.1, 0.15) is 5.75 Å². The van der Waals surface area contributed by atoms with Gasteiger partial charge in [-0.3, -0.25) is 9.69 Å². The summed E-state index contributed by atoms with van der Waals surface area (Å²) in [4.78, 5) is 19.5. The van der Waals surface area contributed by atoms with Crippen molar-refractivity contribution in [1.29, 1.82) is 0 Å². The van der Waals surface area contributed by atoms with E-state index in [1.54, 1.807) is 4.31 Å². The first-order valence-corrected chi connectivity index (χ1v) is 15.5. The molecule has 3 aliphatic rings. The molecule has 2 fully saturated rings. The number of aromatic amines is 1. The van der Waals surface area contributed by atoms with Crippen molar-refractivity contribution in [3.63, 3.8) is 0 Å². The topological polar surface area (TPSA) is 82.7 Å². The van der Waals surface area contributed by atoms with Crippen LogP contribution in [0.1, 0.15) is 53.9 Å². The van der Waals surface area contributed by atoms with Gasteiger partial charge in [0, 0.05) is 51.2 Å². The maximum absolute atomic E-state index is 13.5. The summed E-state index contributed by atoms with van der Waals surface area (Å²) in [7, 11) is -3.07. The molecule has 1 aromatic heterocycles. The standard InChI is InChI=1S/C28H32BrN3O4S/c1-28(2)23-13-20(36-16-17-8-10-31(11-9-17)19-14-32(15-19)37(3,34)35)5-7-21(23)26(33)25-22-6-4-18(29)12-24(22)30-27(25)28/h4-7,12-13,17,19,30H,8-11,14-16H2,1-3H3. The summed E-state index contributed by atoms with van der Waals surface area (Å²) in [6.07, 6.45) is 3.36. The molecule has 0 atom stereocenters. The van der Waals surface area contributed by atoms with Crippen LogP contribution < -0.4 is 4.74 Å². The number of nitrogens with zero attached hydrogens (tertiary/aromatic N) is 2. The lowest BCUT2D eigenvalue weighted by Gasteiger charge is -2.46. The molecule has 0 bridgehead atoms. The Labute approximate surface area is 226 Å². The normalized spacial score (nSPS) is 21.0. The molecule has 0 unspecified atom stereocenters. The third kappa shape index (κ3) is 4.33. The molecule has 0 amide bonds. The van der Waals surface area contributed by atoms with Gasteiger partial charge >= 0.3 is 0 Å². The van der Waals surface area contributed by atoms with Gasteiger partial charge in [0.2, 0.25) is 10.0 Å². The predicted molar refractivity (Wildman–Crippen MR) is 148 cm³/mol. The number of hydrogen-bond acceptors (Lipinski definition) is 5. The van der Waals surface area contributed by atoms with E-state index in [-0.39, 0.29) is 11.2 Å². The average molecular weight is 587 g/mol. The summed E-state index contributed by atoms with van der Waals surface area (Å²) >= 11 is 3.54. The number of hydrogen-bond donors (Lipinski definition) is 1. The van der Waals surface area contributed by atoms with Crippen LogP contribution in [0.25, 0.3) is 10.9 Å². The van der Waals surface area contributed by atoms with Crippen molar-refractivity contribution < 1.29 is 17.9 Å². The Hall–Kier alpha value is -2.20. The molecule has 0 saturated carbocycles. The number of likely N-dealkylation sites (tertiary alicyclic amines) is 1. The lowest BCUT2D eigenvalue weighted by Crippen LogP contribution is -2.61. The van der Waals surface area contributed by atoms with E-state index in [4.69, 9.17) is 4.74 Å².